The fourth-order valence-electron chi connectivity index (χ4n) is 3.04. The summed E-state index contributed by atoms with van der Waals surface area (Å²) in [6, 6.07) is 0. The Morgan fingerprint density at radius 2 is 1.82 bits per heavy atom. The van der Waals surface area contributed by atoms with E-state index >= 15 is 0 Å². The fraction of sp³-hybridized carbons (Fsp3) is 0.938. The van der Waals surface area contributed by atoms with E-state index in [4.69, 9.17) is 5.41 Å². The average molecular weight is 237 g/mol. The second-order valence-corrected chi connectivity index (χ2v) is 5.99. The van der Waals surface area contributed by atoms with Crippen LogP contribution in [0, 0.1) is 23.2 Å². The minimum absolute atomic E-state index is 0.625. The van der Waals surface area contributed by atoms with Crippen LogP contribution >= 0.6 is 0 Å². The summed E-state index contributed by atoms with van der Waals surface area (Å²) < 4.78 is 0. The second kappa shape index (κ2) is 7.89. The van der Waals surface area contributed by atoms with Crippen LogP contribution in [0.3, 0.4) is 0 Å². The monoisotopic (exact) mass is 237 g/mol. The van der Waals surface area contributed by atoms with Crippen molar-refractivity contribution in [3.8, 4) is 0 Å². The van der Waals surface area contributed by atoms with Gasteiger partial charge in [0.2, 0.25) is 0 Å². The summed E-state index contributed by atoms with van der Waals surface area (Å²) >= 11 is 0. The molecule has 1 aliphatic rings. The number of rotatable bonds is 8. The van der Waals surface area contributed by atoms with Crippen molar-refractivity contribution >= 4 is 5.71 Å². The zero-order valence-corrected chi connectivity index (χ0v) is 12.1. The maximum atomic E-state index is 8.14. The van der Waals surface area contributed by atoms with Crippen LogP contribution in [0.2, 0.25) is 0 Å². The Bertz CT molecular complexity index is 222. The molecule has 1 heteroatoms. The van der Waals surface area contributed by atoms with Crippen LogP contribution in [-0.2, 0) is 0 Å². The van der Waals surface area contributed by atoms with Gasteiger partial charge < -0.3 is 5.41 Å². The summed E-state index contributed by atoms with van der Waals surface area (Å²) in [4.78, 5) is 0. The summed E-state index contributed by atoms with van der Waals surface area (Å²) in [5.41, 5.74) is 1.08. The van der Waals surface area contributed by atoms with Crippen LogP contribution in [0.4, 0.5) is 0 Å². The number of hydrogen-bond acceptors (Lipinski definition) is 1. The highest BCUT2D eigenvalue weighted by Gasteiger charge is 2.28. The first-order chi connectivity index (χ1) is 8.19. The van der Waals surface area contributed by atoms with Gasteiger partial charge in [-0.25, -0.2) is 0 Å². The van der Waals surface area contributed by atoms with Crippen LogP contribution in [0.25, 0.3) is 0 Å². The van der Waals surface area contributed by atoms with Gasteiger partial charge in [0, 0.05) is 5.71 Å². The standard InChI is InChI=1S/C16H31N/c1-4-13(3)9-7-6-8-10-15-12-11-14(5-2)16(15)17/h13-15,17H,4-12H2,1-3H3. The highest BCUT2D eigenvalue weighted by atomic mass is 14.5. The third kappa shape index (κ3) is 4.81. The van der Waals surface area contributed by atoms with Crippen molar-refractivity contribution < 1.29 is 0 Å². The maximum absolute atomic E-state index is 8.14. The van der Waals surface area contributed by atoms with Gasteiger partial charge in [0.1, 0.15) is 0 Å². The van der Waals surface area contributed by atoms with Crippen molar-refractivity contribution in [2.24, 2.45) is 17.8 Å². The summed E-state index contributed by atoms with van der Waals surface area (Å²) in [5, 5.41) is 8.14. The Balaban J connectivity index is 2.06. The normalized spacial score (nSPS) is 26.4. The molecule has 0 bridgehead atoms. The number of hydrogen-bond donors (Lipinski definition) is 1. The van der Waals surface area contributed by atoms with E-state index in [1.54, 1.807) is 0 Å². The molecule has 0 aliphatic heterocycles. The van der Waals surface area contributed by atoms with Crippen molar-refractivity contribution in [3.05, 3.63) is 0 Å². The molecule has 0 aromatic heterocycles. The fourth-order valence-corrected chi connectivity index (χ4v) is 3.04. The molecule has 0 heterocycles. The molecule has 1 fully saturated rings. The zero-order chi connectivity index (χ0) is 12.7. The average Bonchev–Trinajstić information content (AvgIpc) is 2.69. The van der Waals surface area contributed by atoms with Gasteiger partial charge in [0.15, 0.2) is 0 Å². The van der Waals surface area contributed by atoms with Gasteiger partial charge in [-0.3, -0.25) is 0 Å². The third-order valence-electron chi connectivity index (χ3n) is 4.68. The van der Waals surface area contributed by atoms with Crippen molar-refractivity contribution in [2.45, 2.75) is 78.6 Å². The quantitative estimate of drug-likeness (QED) is 0.544. The van der Waals surface area contributed by atoms with Gasteiger partial charge in [0.05, 0.1) is 0 Å². The van der Waals surface area contributed by atoms with Crippen molar-refractivity contribution in [2.75, 3.05) is 0 Å². The SMILES string of the molecule is CCC(C)CCCCCC1CCC(CC)C1=N. The molecule has 1 rings (SSSR count). The molecule has 1 nitrogen and oxygen atoms in total. The molecule has 1 aliphatic carbocycles. The molecule has 0 amide bonds. The van der Waals surface area contributed by atoms with Gasteiger partial charge in [-0.05, 0) is 43.4 Å². The smallest absolute Gasteiger partial charge is 0.0151 e. The lowest BCUT2D eigenvalue weighted by atomic mass is 9.94. The highest BCUT2D eigenvalue weighted by molar-refractivity contribution is 5.87. The van der Waals surface area contributed by atoms with E-state index in [0.717, 1.165) is 11.6 Å². The Morgan fingerprint density at radius 3 is 2.41 bits per heavy atom. The predicted molar refractivity (Wildman–Crippen MR) is 76.8 cm³/mol. The Kier molecular flexibility index (Phi) is 6.84. The molecule has 0 saturated heterocycles. The van der Waals surface area contributed by atoms with Crippen molar-refractivity contribution in [1.82, 2.24) is 0 Å². The second-order valence-electron chi connectivity index (χ2n) is 5.99. The van der Waals surface area contributed by atoms with E-state index in [1.165, 1.54) is 57.8 Å². The van der Waals surface area contributed by atoms with Crippen molar-refractivity contribution in [3.63, 3.8) is 0 Å². The van der Waals surface area contributed by atoms with E-state index in [-0.39, 0.29) is 0 Å². The lowest BCUT2D eigenvalue weighted by molar-refractivity contribution is 0.463. The first-order valence-corrected chi connectivity index (χ1v) is 7.77. The predicted octanol–water partition coefficient (Wildman–Crippen LogP) is 5.44. The molecule has 100 valence electrons. The number of nitrogens with one attached hydrogen (secondary N) is 1. The van der Waals surface area contributed by atoms with E-state index in [2.05, 4.69) is 20.8 Å². The van der Waals surface area contributed by atoms with Gasteiger partial charge in [-0.2, -0.15) is 0 Å². The largest absolute Gasteiger partial charge is 0.309 e. The van der Waals surface area contributed by atoms with Crippen LogP contribution in [0.15, 0.2) is 0 Å². The molecule has 1 N–H and O–H groups in total. The van der Waals surface area contributed by atoms with E-state index < -0.39 is 0 Å². The molecule has 3 atom stereocenters. The molecule has 17 heavy (non-hydrogen) atoms. The Labute approximate surface area is 108 Å². The molecule has 3 unspecified atom stereocenters. The first-order valence-electron chi connectivity index (χ1n) is 7.77. The van der Waals surface area contributed by atoms with Gasteiger partial charge in [0.25, 0.3) is 0 Å². The molecule has 0 spiro atoms. The molecular formula is C16H31N. The van der Waals surface area contributed by atoms with Gasteiger partial charge >= 0.3 is 0 Å². The lowest BCUT2D eigenvalue weighted by Gasteiger charge is -2.12. The van der Waals surface area contributed by atoms with E-state index in [9.17, 15) is 0 Å². The summed E-state index contributed by atoms with van der Waals surface area (Å²) in [7, 11) is 0. The molecule has 0 radical (unpaired) electrons. The minimum Gasteiger partial charge on any atom is -0.309 e. The Morgan fingerprint density at radius 1 is 1.12 bits per heavy atom. The topological polar surface area (TPSA) is 23.9 Å². The Hall–Kier alpha value is -0.330. The highest BCUT2D eigenvalue weighted by Crippen LogP contribution is 2.33. The van der Waals surface area contributed by atoms with Gasteiger partial charge in [-0.15, -0.1) is 0 Å². The minimum atomic E-state index is 0.625. The third-order valence-corrected chi connectivity index (χ3v) is 4.68. The molecule has 0 aromatic carbocycles. The van der Waals surface area contributed by atoms with Crippen LogP contribution in [-0.4, -0.2) is 5.71 Å². The van der Waals surface area contributed by atoms with Crippen LogP contribution in [0.5, 0.6) is 0 Å². The van der Waals surface area contributed by atoms with E-state index in [1.807, 2.05) is 0 Å². The van der Waals surface area contributed by atoms with E-state index in [0.29, 0.717) is 11.8 Å². The summed E-state index contributed by atoms with van der Waals surface area (Å²) in [6.07, 6.45) is 11.9. The maximum Gasteiger partial charge on any atom is 0.0151 e. The van der Waals surface area contributed by atoms with Crippen LogP contribution < -0.4 is 0 Å². The van der Waals surface area contributed by atoms with Crippen molar-refractivity contribution in [1.29, 1.82) is 5.41 Å². The lowest BCUT2D eigenvalue weighted by Crippen LogP contribution is -2.12. The summed E-state index contributed by atoms with van der Waals surface area (Å²) in [5.74, 6) is 2.17. The van der Waals surface area contributed by atoms with Crippen LogP contribution in [0.1, 0.15) is 78.6 Å². The molecular weight excluding hydrogens is 206 g/mol. The molecule has 1 saturated carbocycles. The number of unbranched alkanes of at least 4 members (excludes halogenated alkanes) is 2. The molecule has 0 aromatic rings. The van der Waals surface area contributed by atoms with Gasteiger partial charge in [-0.1, -0.05) is 52.9 Å². The summed E-state index contributed by atoms with van der Waals surface area (Å²) in [6.45, 7) is 6.88. The zero-order valence-electron chi connectivity index (χ0n) is 12.1. The first kappa shape index (κ1) is 14.7.